The lowest BCUT2D eigenvalue weighted by Crippen LogP contribution is -2.23. The summed E-state index contributed by atoms with van der Waals surface area (Å²) in [6, 6.07) is 4.15. The number of nitrogen functional groups attached to an aromatic ring is 1. The van der Waals surface area contributed by atoms with E-state index < -0.39 is 0 Å². The van der Waals surface area contributed by atoms with E-state index in [-0.39, 0.29) is 0 Å². The largest absolute Gasteiger partial charge is 0.376 e. The van der Waals surface area contributed by atoms with Gasteiger partial charge in [-0.05, 0) is 37.3 Å². The van der Waals surface area contributed by atoms with Gasteiger partial charge in [-0.1, -0.05) is 0 Å². The van der Waals surface area contributed by atoms with Gasteiger partial charge in [0.1, 0.15) is 5.52 Å². The van der Waals surface area contributed by atoms with Crippen LogP contribution in [-0.4, -0.2) is 27.2 Å². The van der Waals surface area contributed by atoms with Crippen molar-refractivity contribution in [1.29, 1.82) is 0 Å². The van der Waals surface area contributed by atoms with Crippen molar-refractivity contribution in [3.63, 3.8) is 0 Å². The maximum absolute atomic E-state index is 6.07. The fourth-order valence-corrected chi connectivity index (χ4v) is 3.03. The fraction of sp³-hybridized carbons (Fsp3) is 0.538. The average molecular weight is 244 g/mol. The van der Waals surface area contributed by atoms with Crippen LogP contribution in [0.1, 0.15) is 25.3 Å². The van der Waals surface area contributed by atoms with Crippen LogP contribution < -0.4 is 5.73 Å². The van der Waals surface area contributed by atoms with Crippen LogP contribution >= 0.6 is 0 Å². The summed E-state index contributed by atoms with van der Waals surface area (Å²) in [6.07, 6.45) is 5.66. The van der Waals surface area contributed by atoms with E-state index in [2.05, 4.69) is 14.5 Å². The van der Waals surface area contributed by atoms with Crippen LogP contribution in [0.4, 0.5) is 5.95 Å². The first-order valence-corrected chi connectivity index (χ1v) is 6.54. The van der Waals surface area contributed by atoms with Crippen molar-refractivity contribution >= 4 is 17.1 Å². The maximum atomic E-state index is 6.07. The van der Waals surface area contributed by atoms with Gasteiger partial charge in [0.25, 0.3) is 0 Å². The molecule has 1 saturated heterocycles. The van der Waals surface area contributed by atoms with Crippen LogP contribution in [-0.2, 0) is 4.74 Å². The number of nitrogens with zero attached hydrogens (tertiary/aromatic N) is 3. The van der Waals surface area contributed by atoms with Gasteiger partial charge in [-0.3, -0.25) is 4.57 Å². The molecule has 2 N–H and O–H groups in total. The molecule has 2 unspecified atom stereocenters. The molecule has 0 bridgehead atoms. The first-order valence-electron chi connectivity index (χ1n) is 6.54. The number of fused-ring (bicyclic) bond motifs is 1. The minimum absolute atomic E-state index is 0.298. The van der Waals surface area contributed by atoms with Crippen molar-refractivity contribution in [1.82, 2.24) is 14.5 Å². The Kier molecular flexibility index (Phi) is 2.11. The molecule has 18 heavy (non-hydrogen) atoms. The zero-order chi connectivity index (χ0) is 12.1. The third-order valence-corrected chi connectivity index (χ3v) is 4.00. The average Bonchev–Trinajstić information content (AvgIpc) is 3.01. The zero-order valence-corrected chi connectivity index (χ0v) is 10.1. The lowest BCUT2D eigenvalue weighted by molar-refractivity contribution is 0.0761. The number of anilines is 1. The molecule has 0 radical (unpaired) electrons. The number of ether oxygens (including phenoxy) is 1. The van der Waals surface area contributed by atoms with Crippen molar-refractivity contribution in [2.24, 2.45) is 5.92 Å². The van der Waals surface area contributed by atoms with E-state index >= 15 is 0 Å². The molecule has 1 saturated carbocycles. The lowest BCUT2D eigenvalue weighted by atomic mass is 10.1. The SMILES string of the molecule is Nc1nc2cccnc2n1C1CCOC1C1CC1. The summed E-state index contributed by atoms with van der Waals surface area (Å²) in [5.74, 6) is 1.27. The summed E-state index contributed by atoms with van der Waals surface area (Å²) in [5, 5.41) is 0. The molecule has 0 amide bonds. The normalized spacial score (nSPS) is 28.0. The van der Waals surface area contributed by atoms with Crippen LogP contribution in [0.3, 0.4) is 0 Å². The molecule has 2 aliphatic rings. The lowest BCUT2D eigenvalue weighted by Gasteiger charge is -2.20. The predicted molar refractivity (Wildman–Crippen MR) is 68.1 cm³/mol. The van der Waals surface area contributed by atoms with E-state index in [1.807, 2.05) is 12.1 Å². The number of hydrogen-bond acceptors (Lipinski definition) is 4. The van der Waals surface area contributed by atoms with Gasteiger partial charge in [0.2, 0.25) is 5.95 Å². The Morgan fingerprint density at radius 3 is 3.06 bits per heavy atom. The van der Waals surface area contributed by atoms with Crippen molar-refractivity contribution in [3.05, 3.63) is 18.3 Å². The van der Waals surface area contributed by atoms with E-state index in [4.69, 9.17) is 10.5 Å². The van der Waals surface area contributed by atoms with Gasteiger partial charge in [0, 0.05) is 12.8 Å². The van der Waals surface area contributed by atoms with Crippen molar-refractivity contribution in [3.8, 4) is 0 Å². The molecule has 2 atom stereocenters. The minimum atomic E-state index is 0.298. The number of aromatic nitrogens is 3. The molecule has 4 rings (SSSR count). The van der Waals surface area contributed by atoms with E-state index in [0.717, 1.165) is 24.2 Å². The van der Waals surface area contributed by atoms with E-state index in [1.54, 1.807) is 6.20 Å². The van der Waals surface area contributed by atoms with Crippen LogP contribution in [0.5, 0.6) is 0 Å². The Balaban J connectivity index is 1.83. The highest BCUT2D eigenvalue weighted by molar-refractivity contribution is 5.74. The number of imidazole rings is 1. The van der Waals surface area contributed by atoms with Crippen LogP contribution in [0.25, 0.3) is 11.2 Å². The Bertz CT molecular complexity index is 590. The third-order valence-electron chi connectivity index (χ3n) is 4.00. The standard InChI is InChI=1S/C13H16N4O/c14-13-16-9-2-1-6-15-12(9)17(13)10-5-7-18-11(10)8-3-4-8/h1-2,6,8,10-11H,3-5,7H2,(H2,14,16). The molecule has 2 aromatic rings. The molecule has 2 aromatic heterocycles. The van der Waals surface area contributed by atoms with Gasteiger partial charge in [-0.2, -0.15) is 0 Å². The van der Waals surface area contributed by atoms with Gasteiger partial charge < -0.3 is 10.5 Å². The van der Waals surface area contributed by atoms with Gasteiger partial charge in [0.05, 0.1) is 12.1 Å². The minimum Gasteiger partial charge on any atom is -0.376 e. The summed E-state index contributed by atoms with van der Waals surface area (Å²) < 4.78 is 7.96. The zero-order valence-electron chi connectivity index (χ0n) is 10.1. The van der Waals surface area contributed by atoms with Gasteiger partial charge in [-0.15, -0.1) is 0 Å². The topological polar surface area (TPSA) is 66.0 Å². The molecule has 2 fully saturated rings. The second kappa shape index (κ2) is 3.68. The summed E-state index contributed by atoms with van der Waals surface area (Å²) >= 11 is 0. The molecular formula is C13H16N4O. The molecule has 5 heteroatoms. The summed E-state index contributed by atoms with van der Waals surface area (Å²) in [6.45, 7) is 0.817. The smallest absolute Gasteiger partial charge is 0.202 e. The second-order valence-electron chi connectivity index (χ2n) is 5.21. The summed E-state index contributed by atoms with van der Waals surface area (Å²) in [5.41, 5.74) is 7.83. The van der Waals surface area contributed by atoms with E-state index in [1.165, 1.54) is 12.8 Å². The Morgan fingerprint density at radius 2 is 2.22 bits per heavy atom. The van der Waals surface area contributed by atoms with Crippen molar-refractivity contribution in [2.75, 3.05) is 12.3 Å². The van der Waals surface area contributed by atoms with E-state index in [0.29, 0.717) is 24.0 Å². The second-order valence-corrected chi connectivity index (χ2v) is 5.21. The Hall–Kier alpha value is -1.62. The number of pyridine rings is 1. The first-order chi connectivity index (χ1) is 8.84. The predicted octanol–water partition coefficient (Wildman–Crippen LogP) is 1.75. The van der Waals surface area contributed by atoms with Gasteiger partial charge >= 0.3 is 0 Å². The number of nitrogens with two attached hydrogens (primary N) is 1. The van der Waals surface area contributed by atoms with Gasteiger partial charge in [0.15, 0.2) is 5.65 Å². The molecule has 3 heterocycles. The van der Waals surface area contributed by atoms with Crippen molar-refractivity contribution in [2.45, 2.75) is 31.4 Å². The summed E-state index contributed by atoms with van der Waals surface area (Å²) in [4.78, 5) is 8.82. The quantitative estimate of drug-likeness (QED) is 0.874. The highest BCUT2D eigenvalue weighted by atomic mass is 16.5. The molecule has 1 aliphatic heterocycles. The third kappa shape index (κ3) is 1.43. The molecule has 0 spiro atoms. The first kappa shape index (κ1) is 10.3. The molecule has 1 aliphatic carbocycles. The molecule has 0 aromatic carbocycles. The molecule has 5 nitrogen and oxygen atoms in total. The van der Waals surface area contributed by atoms with Crippen molar-refractivity contribution < 1.29 is 4.74 Å². The fourth-order valence-electron chi connectivity index (χ4n) is 3.03. The number of rotatable bonds is 2. The summed E-state index contributed by atoms with van der Waals surface area (Å²) in [7, 11) is 0. The highest BCUT2D eigenvalue weighted by Crippen LogP contribution is 2.44. The van der Waals surface area contributed by atoms with Crippen LogP contribution in [0.2, 0.25) is 0 Å². The Labute approximate surface area is 105 Å². The van der Waals surface area contributed by atoms with Gasteiger partial charge in [-0.25, -0.2) is 9.97 Å². The number of hydrogen-bond donors (Lipinski definition) is 1. The van der Waals surface area contributed by atoms with Crippen LogP contribution in [0, 0.1) is 5.92 Å². The molecular weight excluding hydrogens is 228 g/mol. The van der Waals surface area contributed by atoms with Crippen LogP contribution in [0.15, 0.2) is 18.3 Å². The monoisotopic (exact) mass is 244 g/mol. The highest BCUT2D eigenvalue weighted by Gasteiger charge is 2.42. The maximum Gasteiger partial charge on any atom is 0.202 e. The van der Waals surface area contributed by atoms with E-state index in [9.17, 15) is 0 Å². The Morgan fingerprint density at radius 1 is 1.33 bits per heavy atom. The molecule has 94 valence electrons.